The molecule has 2 unspecified atom stereocenters. The first-order valence-electron chi connectivity index (χ1n) is 5.95. The number of allylic oxidation sites excluding steroid dienone is 1. The van der Waals surface area contributed by atoms with Crippen molar-refractivity contribution < 1.29 is 0 Å². The van der Waals surface area contributed by atoms with E-state index in [1.807, 2.05) is 6.08 Å². The fourth-order valence-corrected chi connectivity index (χ4v) is 2.79. The molecule has 2 atom stereocenters. The lowest BCUT2D eigenvalue weighted by atomic mass is 9.91. The van der Waals surface area contributed by atoms with Gasteiger partial charge in [0.2, 0.25) is 0 Å². The molecule has 0 aromatic rings. The Morgan fingerprint density at radius 1 is 1.33 bits per heavy atom. The van der Waals surface area contributed by atoms with Gasteiger partial charge in [-0.05, 0) is 26.3 Å². The number of hydrogen-bond donors (Lipinski definition) is 0. The molecular weight excluding hydrogens is 184 g/mol. The number of piperazine rings is 1. The van der Waals surface area contributed by atoms with Crippen LogP contribution in [0.4, 0.5) is 0 Å². The lowest BCUT2D eigenvalue weighted by Gasteiger charge is -2.50. The summed E-state index contributed by atoms with van der Waals surface area (Å²) in [5.74, 6) is 0. The molecule has 2 bridgehead atoms. The van der Waals surface area contributed by atoms with Crippen molar-refractivity contribution in [2.24, 2.45) is 0 Å². The van der Waals surface area contributed by atoms with Gasteiger partial charge in [-0.15, -0.1) is 0 Å². The second-order valence-corrected chi connectivity index (χ2v) is 4.93. The molecule has 2 heteroatoms. The largest absolute Gasteiger partial charge is 0.301 e. The molecule has 0 spiro atoms. The van der Waals surface area contributed by atoms with E-state index in [1.165, 1.54) is 38.0 Å². The molecule has 0 aromatic carbocycles. The molecule has 3 saturated heterocycles. The molecule has 3 rings (SSSR count). The van der Waals surface area contributed by atoms with Gasteiger partial charge in [-0.2, -0.15) is 0 Å². The highest BCUT2D eigenvalue weighted by molar-refractivity contribution is 5.11. The molecule has 0 aromatic heterocycles. The summed E-state index contributed by atoms with van der Waals surface area (Å²) in [4.78, 5) is 5.16. The van der Waals surface area contributed by atoms with E-state index in [2.05, 4.69) is 30.0 Å². The number of piperidine rings is 2. The van der Waals surface area contributed by atoms with Crippen LogP contribution in [0.5, 0.6) is 0 Å². The standard InChI is InChI=1S/C13H22N2/c1-4-11(2)7-8-15-10-12-5-6-13(15)9-14(12)3/h4,12-13H,1-2,5-10H2,3H3. The Balaban J connectivity index is 1.85. The Morgan fingerprint density at radius 3 is 2.60 bits per heavy atom. The van der Waals surface area contributed by atoms with Gasteiger partial charge in [0, 0.05) is 31.7 Å². The first kappa shape index (κ1) is 10.9. The highest BCUT2D eigenvalue weighted by atomic mass is 15.3. The van der Waals surface area contributed by atoms with Crippen molar-refractivity contribution in [3.05, 3.63) is 24.8 Å². The first-order chi connectivity index (χ1) is 7.20. The zero-order chi connectivity index (χ0) is 10.8. The zero-order valence-corrected chi connectivity index (χ0v) is 9.78. The van der Waals surface area contributed by atoms with Crippen molar-refractivity contribution in [1.29, 1.82) is 0 Å². The maximum absolute atomic E-state index is 3.98. The van der Waals surface area contributed by atoms with Crippen LogP contribution in [0.15, 0.2) is 24.8 Å². The van der Waals surface area contributed by atoms with Gasteiger partial charge in [-0.25, -0.2) is 0 Å². The van der Waals surface area contributed by atoms with E-state index >= 15 is 0 Å². The van der Waals surface area contributed by atoms with Crippen LogP contribution in [0.25, 0.3) is 0 Å². The molecule has 3 fully saturated rings. The Bertz CT molecular complexity index is 259. The van der Waals surface area contributed by atoms with E-state index in [0.29, 0.717) is 0 Å². The maximum atomic E-state index is 3.98. The van der Waals surface area contributed by atoms with Crippen molar-refractivity contribution in [2.45, 2.75) is 31.3 Å². The van der Waals surface area contributed by atoms with Crippen LogP contribution < -0.4 is 0 Å². The first-order valence-corrected chi connectivity index (χ1v) is 5.95. The lowest BCUT2D eigenvalue weighted by molar-refractivity contribution is -0.00534. The molecule has 2 nitrogen and oxygen atoms in total. The van der Waals surface area contributed by atoms with Crippen molar-refractivity contribution in [1.82, 2.24) is 9.80 Å². The van der Waals surface area contributed by atoms with Gasteiger partial charge in [-0.1, -0.05) is 24.8 Å². The Labute approximate surface area is 93.2 Å². The fourth-order valence-electron chi connectivity index (χ4n) is 2.79. The normalized spacial score (nSPS) is 31.8. The summed E-state index contributed by atoms with van der Waals surface area (Å²) >= 11 is 0. The van der Waals surface area contributed by atoms with Crippen molar-refractivity contribution >= 4 is 0 Å². The summed E-state index contributed by atoms with van der Waals surface area (Å²) in [6, 6.07) is 1.59. The third-order valence-corrected chi connectivity index (χ3v) is 3.93. The van der Waals surface area contributed by atoms with Crippen LogP contribution in [-0.4, -0.2) is 48.6 Å². The summed E-state index contributed by atoms with van der Waals surface area (Å²) in [5, 5.41) is 0. The third-order valence-electron chi connectivity index (χ3n) is 3.93. The number of hydrogen-bond acceptors (Lipinski definition) is 2. The quantitative estimate of drug-likeness (QED) is 0.648. The van der Waals surface area contributed by atoms with E-state index in [9.17, 15) is 0 Å². The topological polar surface area (TPSA) is 6.48 Å². The SMILES string of the molecule is C=CC(=C)CCN1CC2CCC1CN2C. The van der Waals surface area contributed by atoms with Crippen LogP contribution in [-0.2, 0) is 0 Å². The zero-order valence-electron chi connectivity index (χ0n) is 9.78. The summed E-state index contributed by atoms with van der Waals surface area (Å²) in [6.45, 7) is 11.4. The second kappa shape index (κ2) is 4.50. The molecule has 3 aliphatic heterocycles. The van der Waals surface area contributed by atoms with Crippen LogP contribution in [0, 0.1) is 0 Å². The molecule has 84 valence electrons. The van der Waals surface area contributed by atoms with Crippen LogP contribution in [0.3, 0.4) is 0 Å². The van der Waals surface area contributed by atoms with Crippen LogP contribution >= 0.6 is 0 Å². The second-order valence-electron chi connectivity index (χ2n) is 4.93. The molecule has 0 saturated carbocycles. The molecule has 0 radical (unpaired) electrons. The number of likely N-dealkylation sites (N-methyl/N-ethyl adjacent to an activating group) is 1. The maximum Gasteiger partial charge on any atom is 0.0224 e. The van der Waals surface area contributed by atoms with Crippen LogP contribution in [0.2, 0.25) is 0 Å². The predicted octanol–water partition coefficient (Wildman–Crippen LogP) is 1.90. The molecule has 3 aliphatic rings. The molecule has 0 N–H and O–H groups in total. The van der Waals surface area contributed by atoms with Crippen molar-refractivity contribution in [2.75, 3.05) is 26.7 Å². The molecule has 0 amide bonds. The lowest BCUT2D eigenvalue weighted by Crippen LogP contribution is -2.61. The van der Waals surface area contributed by atoms with Gasteiger partial charge in [-0.3, -0.25) is 4.90 Å². The van der Waals surface area contributed by atoms with E-state index < -0.39 is 0 Å². The molecule has 15 heavy (non-hydrogen) atoms. The Kier molecular flexibility index (Phi) is 3.27. The van der Waals surface area contributed by atoms with Crippen LogP contribution in [0.1, 0.15) is 19.3 Å². The average molecular weight is 206 g/mol. The minimum Gasteiger partial charge on any atom is -0.301 e. The summed E-state index contributed by atoms with van der Waals surface area (Å²) < 4.78 is 0. The van der Waals surface area contributed by atoms with E-state index in [1.54, 1.807) is 0 Å². The smallest absolute Gasteiger partial charge is 0.0224 e. The molecule has 0 aliphatic carbocycles. The van der Waals surface area contributed by atoms with Crippen molar-refractivity contribution in [3.63, 3.8) is 0 Å². The van der Waals surface area contributed by atoms with Crippen molar-refractivity contribution in [3.8, 4) is 0 Å². The Morgan fingerprint density at radius 2 is 2.07 bits per heavy atom. The summed E-state index contributed by atoms with van der Waals surface area (Å²) in [6.07, 6.45) is 5.74. The fraction of sp³-hybridized carbons (Fsp3) is 0.692. The predicted molar refractivity (Wildman–Crippen MR) is 65.0 cm³/mol. The molecular formula is C13H22N2. The monoisotopic (exact) mass is 206 g/mol. The summed E-state index contributed by atoms with van der Waals surface area (Å²) in [7, 11) is 2.26. The number of nitrogens with zero attached hydrogens (tertiary/aromatic N) is 2. The number of rotatable bonds is 4. The summed E-state index contributed by atoms with van der Waals surface area (Å²) in [5.41, 5.74) is 1.17. The third kappa shape index (κ3) is 2.32. The van der Waals surface area contributed by atoms with Gasteiger partial charge in [0.15, 0.2) is 0 Å². The van der Waals surface area contributed by atoms with Gasteiger partial charge >= 0.3 is 0 Å². The Hall–Kier alpha value is -0.600. The van der Waals surface area contributed by atoms with E-state index in [0.717, 1.165) is 18.5 Å². The minimum absolute atomic E-state index is 0.789. The highest BCUT2D eigenvalue weighted by Crippen LogP contribution is 2.27. The van der Waals surface area contributed by atoms with E-state index in [-0.39, 0.29) is 0 Å². The van der Waals surface area contributed by atoms with Gasteiger partial charge < -0.3 is 4.90 Å². The van der Waals surface area contributed by atoms with Gasteiger partial charge in [0.1, 0.15) is 0 Å². The van der Waals surface area contributed by atoms with Gasteiger partial charge in [0.25, 0.3) is 0 Å². The number of fused-ring (bicyclic) bond motifs is 3. The molecule has 3 heterocycles. The van der Waals surface area contributed by atoms with E-state index in [4.69, 9.17) is 0 Å². The highest BCUT2D eigenvalue weighted by Gasteiger charge is 2.36. The average Bonchev–Trinajstić information content (AvgIpc) is 2.27. The minimum atomic E-state index is 0.789. The van der Waals surface area contributed by atoms with Gasteiger partial charge in [0.05, 0.1) is 0 Å².